The van der Waals surface area contributed by atoms with E-state index in [9.17, 15) is 9.59 Å². The van der Waals surface area contributed by atoms with E-state index < -0.39 is 5.91 Å². The number of carbonyl (C=O) groups is 1. The fourth-order valence-corrected chi connectivity index (χ4v) is 5.02. The van der Waals surface area contributed by atoms with Gasteiger partial charge in [0.2, 0.25) is 5.13 Å². The van der Waals surface area contributed by atoms with Crippen LogP contribution in [0.2, 0.25) is 0 Å². The average molecular weight is 472 g/mol. The third-order valence-corrected chi connectivity index (χ3v) is 7.04. The normalized spacial score (nSPS) is 10.7. The number of aromatic nitrogens is 4. The van der Waals surface area contributed by atoms with Crippen LogP contribution in [0.4, 0.5) is 5.13 Å². The van der Waals surface area contributed by atoms with Gasteiger partial charge in [-0.05, 0) is 29.6 Å². The first kappa shape index (κ1) is 21.2. The summed E-state index contributed by atoms with van der Waals surface area (Å²) in [4.78, 5) is 25.8. The van der Waals surface area contributed by atoms with E-state index in [2.05, 4.69) is 26.7 Å². The van der Waals surface area contributed by atoms with Gasteiger partial charge in [0.05, 0.1) is 6.54 Å². The lowest BCUT2D eigenvalue weighted by Crippen LogP contribution is -2.28. The van der Waals surface area contributed by atoms with Gasteiger partial charge in [0, 0.05) is 16.7 Å². The fourth-order valence-electron chi connectivity index (χ4n) is 2.50. The van der Waals surface area contributed by atoms with Crippen LogP contribution in [-0.4, -0.2) is 32.5 Å². The number of nitrogens with one attached hydrogen (secondary N) is 1. The zero-order valence-corrected chi connectivity index (χ0v) is 18.6. The van der Waals surface area contributed by atoms with Crippen molar-refractivity contribution in [3.8, 4) is 5.75 Å². The molecule has 1 N–H and O–H groups in total. The molecule has 0 aliphatic carbocycles. The molecule has 0 atom stereocenters. The number of benzene rings is 1. The molecule has 0 bridgehead atoms. The molecule has 0 saturated heterocycles. The van der Waals surface area contributed by atoms with Crippen molar-refractivity contribution in [3.05, 3.63) is 80.9 Å². The second kappa shape index (κ2) is 10.3. The van der Waals surface area contributed by atoms with E-state index >= 15 is 0 Å². The Hall–Kier alpha value is -3.02. The first-order valence-corrected chi connectivity index (χ1v) is 11.9. The predicted molar refractivity (Wildman–Crippen MR) is 122 cm³/mol. The van der Waals surface area contributed by atoms with Crippen LogP contribution >= 0.6 is 34.4 Å². The van der Waals surface area contributed by atoms with Gasteiger partial charge in [0.15, 0.2) is 4.34 Å². The van der Waals surface area contributed by atoms with Crippen LogP contribution in [0.3, 0.4) is 0 Å². The van der Waals surface area contributed by atoms with Crippen LogP contribution < -0.4 is 15.6 Å². The number of rotatable bonds is 9. The minimum Gasteiger partial charge on any atom is -0.492 e. The Morgan fingerprint density at radius 1 is 1.10 bits per heavy atom. The summed E-state index contributed by atoms with van der Waals surface area (Å²) in [6, 6.07) is 16.1. The monoisotopic (exact) mass is 471 g/mol. The van der Waals surface area contributed by atoms with Gasteiger partial charge in [0.25, 0.3) is 11.5 Å². The van der Waals surface area contributed by atoms with Gasteiger partial charge in [-0.3, -0.25) is 14.9 Å². The van der Waals surface area contributed by atoms with Crippen molar-refractivity contribution in [1.82, 2.24) is 20.0 Å². The molecule has 1 amide bonds. The Morgan fingerprint density at radius 2 is 1.97 bits per heavy atom. The lowest BCUT2D eigenvalue weighted by atomic mass is 10.3. The van der Waals surface area contributed by atoms with Crippen molar-refractivity contribution in [2.24, 2.45) is 0 Å². The smallest absolute Gasteiger partial charge is 0.277 e. The molecule has 11 heteroatoms. The SMILES string of the molecule is O=C(Nc1nnc(SCc2cccs2)s1)c1ccc(=O)n(CCOc2ccccc2)n1. The Bertz CT molecular complexity index is 1190. The molecule has 1 aromatic carbocycles. The Morgan fingerprint density at radius 3 is 2.77 bits per heavy atom. The predicted octanol–water partition coefficient (Wildman–Crippen LogP) is 3.78. The lowest BCUT2D eigenvalue weighted by Gasteiger charge is -2.08. The summed E-state index contributed by atoms with van der Waals surface area (Å²) in [6.45, 7) is 0.473. The molecule has 0 unspecified atom stereocenters. The highest BCUT2D eigenvalue weighted by atomic mass is 32.2. The third-order valence-electron chi connectivity index (χ3n) is 3.96. The van der Waals surface area contributed by atoms with E-state index in [0.717, 1.165) is 10.1 Å². The molecule has 4 aromatic rings. The van der Waals surface area contributed by atoms with Gasteiger partial charge in [-0.15, -0.1) is 21.5 Å². The van der Waals surface area contributed by atoms with Crippen molar-refractivity contribution < 1.29 is 9.53 Å². The zero-order chi connectivity index (χ0) is 21.5. The van der Waals surface area contributed by atoms with Crippen LogP contribution in [-0.2, 0) is 12.3 Å². The van der Waals surface area contributed by atoms with Crippen molar-refractivity contribution in [1.29, 1.82) is 0 Å². The summed E-state index contributed by atoms with van der Waals surface area (Å²) in [5, 5.41) is 17.3. The largest absolute Gasteiger partial charge is 0.492 e. The lowest BCUT2D eigenvalue weighted by molar-refractivity contribution is 0.101. The van der Waals surface area contributed by atoms with Gasteiger partial charge in [0.1, 0.15) is 18.1 Å². The summed E-state index contributed by atoms with van der Waals surface area (Å²) in [6.07, 6.45) is 0. The minimum absolute atomic E-state index is 0.113. The molecule has 0 aliphatic heterocycles. The van der Waals surface area contributed by atoms with Crippen LogP contribution in [0.15, 0.2) is 69.1 Å². The van der Waals surface area contributed by atoms with Crippen molar-refractivity contribution in [3.63, 3.8) is 0 Å². The third kappa shape index (κ3) is 6.00. The molecule has 0 spiro atoms. The topological polar surface area (TPSA) is 99.0 Å². The summed E-state index contributed by atoms with van der Waals surface area (Å²) in [5.41, 5.74) is -0.196. The molecular formula is C20H17N5O3S3. The van der Waals surface area contributed by atoms with Gasteiger partial charge < -0.3 is 4.74 Å². The summed E-state index contributed by atoms with van der Waals surface area (Å²) < 4.78 is 7.57. The summed E-state index contributed by atoms with van der Waals surface area (Å²) in [7, 11) is 0. The molecular weight excluding hydrogens is 454 g/mol. The molecule has 3 heterocycles. The number of nitrogens with zero attached hydrogens (tertiary/aromatic N) is 4. The molecule has 0 saturated carbocycles. The second-order valence-corrected chi connectivity index (χ2v) is 9.37. The molecule has 0 fully saturated rings. The number of anilines is 1. The molecule has 31 heavy (non-hydrogen) atoms. The van der Waals surface area contributed by atoms with Crippen LogP contribution in [0.1, 0.15) is 15.4 Å². The van der Waals surface area contributed by atoms with Gasteiger partial charge in [-0.1, -0.05) is 47.4 Å². The van der Waals surface area contributed by atoms with Gasteiger partial charge in [-0.25, -0.2) is 4.68 Å². The van der Waals surface area contributed by atoms with Gasteiger partial charge in [-0.2, -0.15) is 5.10 Å². The van der Waals surface area contributed by atoms with Crippen molar-refractivity contribution in [2.75, 3.05) is 11.9 Å². The fraction of sp³-hybridized carbons (Fsp3) is 0.150. The highest BCUT2D eigenvalue weighted by Gasteiger charge is 2.13. The number of thioether (sulfide) groups is 1. The first-order valence-electron chi connectivity index (χ1n) is 9.23. The van der Waals surface area contributed by atoms with Crippen LogP contribution in [0, 0.1) is 0 Å². The maximum Gasteiger partial charge on any atom is 0.277 e. The Balaban J connectivity index is 1.34. The minimum atomic E-state index is -0.455. The number of amides is 1. The average Bonchev–Trinajstić information content (AvgIpc) is 3.46. The molecule has 158 valence electrons. The summed E-state index contributed by atoms with van der Waals surface area (Å²) in [5.74, 6) is 1.05. The molecule has 3 aromatic heterocycles. The second-order valence-electron chi connectivity index (χ2n) is 6.14. The van der Waals surface area contributed by atoms with E-state index in [0.29, 0.717) is 10.9 Å². The Kier molecular flexibility index (Phi) is 7.07. The standard InChI is InChI=1S/C20H17N5O3S3/c26-17-9-8-16(24-25(17)10-11-28-14-5-2-1-3-6-14)18(27)21-19-22-23-20(31-19)30-13-15-7-4-12-29-15/h1-9,12H,10-11,13H2,(H,21,22,27). The quantitative estimate of drug-likeness (QED) is 0.293. The maximum atomic E-state index is 12.5. The molecule has 0 radical (unpaired) electrons. The van der Waals surface area contributed by atoms with E-state index in [1.54, 1.807) is 23.1 Å². The number of ether oxygens (including phenoxy) is 1. The van der Waals surface area contributed by atoms with E-state index in [4.69, 9.17) is 4.74 Å². The van der Waals surface area contributed by atoms with Crippen LogP contribution in [0.25, 0.3) is 0 Å². The maximum absolute atomic E-state index is 12.5. The molecule has 8 nitrogen and oxygen atoms in total. The van der Waals surface area contributed by atoms with Crippen LogP contribution in [0.5, 0.6) is 5.75 Å². The number of para-hydroxylation sites is 1. The van der Waals surface area contributed by atoms with E-state index in [-0.39, 0.29) is 24.4 Å². The van der Waals surface area contributed by atoms with Gasteiger partial charge >= 0.3 is 0 Å². The van der Waals surface area contributed by atoms with Crippen molar-refractivity contribution in [2.45, 2.75) is 16.6 Å². The number of hydrogen-bond donors (Lipinski definition) is 1. The number of hydrogen-bond acceptors (Lipinski definition) is 9. The highest BCUT2D eigenvalue weighted by Crippen LogP contribution is 2.29. The number of thiophene rings is 1. The van der Waals surface area contributed by atoms with Crippen molar-refractivity contribution >= 4 is 45.5 Å². The summed E-state index contributed by atoms with van der Waals surface area (Å²) >= 11 is 4.54. The van der Waals surface area contributed by atoms with E-state index in [1.807, 2.05) is 41.8 Å². The van der Waals surface area contributed by atoms with E-state index in [1.165, 1.54) is 33.0 Å². The highest BCUT2D eigenvalue weighted by molar-refractivity contribution is 8.00. The molecule has 0 aliphatic rings. The zero-order valence-electron chi connectivity index (χ0n) is 16.1. The first-order chi connectivity index (χ1) is 15.2. The number of carbonyl (C=O) groups excluding carboxylic acids is 1. The molecule has 4 rings (SSSR count). The Labute approximate surface area is 189 Å².